The fourth-order valence-corrected chi connectivity index (χ4v) is 2.36. The molecule has 3 aromatic rings. The molecule has 0 saturated carbocycles. The van der Waals surface area contributed by atoms with Crippen LogP contribution in [-0.4, -0.2) is 29.5 Å². The van der Waals surface area contributed by atoms with Gasteiger partial charge in [-0.1, -0.05) is 28.9 Å². The maximum atomic E-state index is 11.4. The summed E-state index contributed by atoms with van der Waals surface area (Å²) >= 11 is 5.89. The van der Waals surface area contributed by atoms with Gasteiger partial charge in [-0.25, -0.2) is 9.78 Å². The summed E-state index contributed by atoms with van der Waals surface area (Å²) in [7, 11) is 1.29. The molecule has 0 fully saturated rings. The summed E-state index contributed by atoms with van der Waals surface area (Å²) in [5.41, 5.74) is 2.01. The molecule has 0 amide bonds. The molecule has 2 aromatic heterocycles. The van der Waals surface area contributed by atoms with E-state index in [1.165, 1.54) is 25.4 Å². The Balaban J connectivity index is 1.81. The second kappa shape index (κ2) is 7.79. The van der Waals surface area contributed by atoms with Crippen molar-refractivity contribution < 1.29 is 23.6 Å². The largest absolute Gasteiger partial charge is 0.473 e. The minimum Gasteiger partial charge on any atom is -0.473 e. The first-order valence-corrected chi connectivity index (χ1v) is 7.87. The van der Waals surface area contributed by atoms with E-state index in [0.29, 0.717) is 28.1 Å². The Morgan fingerprint density at radius 1 is 1.23 bits per heavy atom. The van der Waals surface area contributed by atoms with Crippen molar-refractivity contribution in [2.75, 3.05) is 7.11 Å². The smallest absolute Gasteiger partial charge is 0.339 e. The topological polar surface area (TPSA) is 91.5 Å². The van der Waals surface area contributed by atoms with Crippen molar-refractivity contribution in [2.45, 2.75) is 6.61 Å². The summed E-state index contributed by atoms with van der Waals surface area (Å²) in [4.78, 5) is 26.7. The molecule has 0 bridgehead atoms. The molecule has 0 saturated heterocycles. The van der Waals surface area contributed by atoms with Crippen LogP contribution in [0, 0.1) is 0 Å². The highest BCUT2D eigenvalue weighted by Gasteiger charge is 2.18. The molecule has 0 unspecified atom stereocenters. The predicted octanol–water partition coefficient (Wildman–Crippen LogP) is 3.57. The number of hydrogen-bond acceptors (Lipinski definition) is 7. The molecule has 0 radical (unpaired) electrons. The van der Waals surface area contributed by atoms with Crippen LogP contribution in [0.25, 0.3) is 11.3 Å². The van der Waals surface area contributed by atoms with E-state index in [4.69, 9.17) is 20.9 Å². The SMILES string of the molecule is COC(=O)c1ccc(OCc2c(-c3ccc(Cl)cc3)noc2C=O)nc1. The van der Waals surface area contributed by atoms with E-state index >= 15 is 0 Å². The predicted molar refractivity (Wildman–Crippen MR) is 92.2 cm³/mol. The minimum atomic E-state index is -0.489. The van der Waals surface area contributed by atoms with Crippen LogP contribution in [0.15, 0.2) is 47.1 Å². The molecular formula is C18H13ClN2O5. The quantitative estimate of drug-likeness (QED) is 0.482. The van der Waals surface area contributed by atoms with E-state index in [0.717, 1.165) is 5.56 Å². The fourth-order valence-electron chi connectivity index (χ4n) is 2.24. The monoisotopic (exact) mass is 372 g/mol. The molecule has 0 aliphatic heterocycles. The molecule has 8 heteroatoms. The van der Waals surface area contributed by atoms with E-state index < -0.39 is 5.97 Å². The van der Waals surface area contributed by atoms with Gasteiger partial charge in [-0.2, -0.15) is 0 Å². The first-order chi connectivity index (χ1) is 12.6. The Bertz CT molecular complexity index is 920. The maximum absolute atomic E-state index is 11.4. The van der Waals surface area contributed by atoms with E-state index in [2.05, 4.69) is 14.9 Å². The Kier molecular flexibility index (Phi) is 5.28. The molecular weight excluding hydrogens is 360 g/mol. The van der Waals surface area contributed by atoms with Crippen molar-refractivity contribution >= 4 is 23.9 Å². The number of carbonyl (C=O) groups is 2. The van der Waals surface area contributed by atoms with Gasteiger partial charge in [-0.15, -0.1) is 0 Å². The molecule has 26 heavy (non-hydrogen) atoms. The number of aromatic nitrogens is 2. The Morgan fingerprint density at radius 3 is 2.62 bits per heavy atom. The number of nitrogens with zero attached hydrogens (tertiary/aromatic N) is 2. The average molecular weight is 373 g/mol. The molecule has 1 aromatic carbocycles. The third-order valence-electron chi connectivity index (χ3n) is 3.57. The normalized spacial score (nSPS) is 10.4. The van der Waals surface area contributed by atoms with E-state index in [1.54, 1.807) is 24.3 Å². The van der Waals surface area contributed by atoms with Gasteiger partial charge >= 0.3 is 5.97 Å². The van der Waals surface area contributed by atoms with E-state index in [1.807, 2.05) is 0 Å². The lowest BCUT2D eigenvalue weighted by Crippen LogP contribution is -2.04. The molecule has 0 atom stereocenters. The first-order valence-electron chi connectivity index (χ1n) is 7.49. The van der Waals surface area contributed by atoms with Crippen LogP contribution in [0.1, 0.15) is 26.5 Å². The lowest BCUT2D eigenvalue weighted by molar-refractivity contribution is 0.0600. The van der Waals surface area contributed by atoms with Crippen LogP contribution >= 0.6 is 11.6 Å². The van der Waals surface area contributed by atoms with Crippen LogP contribution in [0.3, 0.4) is 0 Å². The third-order valence-corrected chi connectivity index (χ3v) is 3.82. The Hall–Kier alpha value is -3.19. The van der Waals surface area contributed by atoms with Crippen molar-refractivity contribution in [3.63, 3.8) is 0 Å². The molecule has 7 nitrogen and oxygen atoms in total. The summed E-state index contributed by atoms with van der Waals surface area (Å²) < 4.78 is 15.3. The molecule has 0 N–H and O–H groups in total. The second-order valence-electron chi connectivity index (χ2n) is 5.16. The summed E-state index contributed by atoms with van der Waals surface area (Å²) in [5.74, 6) is -0.143. The number of rotatable bonds is 6. The lowest BCUT2D eigenvalue weighted by atomic mass is 10.1. The number of hydrogen-bond donors (Lipinski definition) is 0. The molecule has 0 aliphatic carbocycles. The highest BCUT2D eigenvalue weighted by atomic mass is 35.5. The van der Waals surface area contributed by atoms with Crippen LogP contribution in [-0.2, 0) is 11.3 Å². The van der Waals surface area contributed by atoms with Gasteiger partial charge in [0.05, 0.1) is 18.2 Å². The van der Waals surface area contributed by atoms with Gasteiger partial charge in [0.1, 0.15) is 12.3 Å². The number of carbonyl (C=O) groups excluding carboxylic acids is 2. The second-order valence-corrected chi connectivity index (χ2v) is 5.60. The van der Waals surface area contributed by atoms with Crippen LogP contribution in [0.4, 0.5) is 0 Å². The number of pyridine rings is 1. The molecule has 3 rings (SSSR count). The van der Waals surface area contributed by atoms with Gasteiger partial charge < -0.3 is 14.0 Å². The van der Waals surface area contributed by atoms with Crippen molar-refractivity contribution in [1.29, 1.82) is 0 Å². The summed E-state index contributed by atoms with van der Waals surface area (Å²) in [6, 6.07) is 10.0. The Labute approximate surface area is 153 Å². The molecule has 0 spiro atoms. The number of methoxy groups -OCH3 is 1. The average Bonchev–Trinajstić information content (AvgIpc) is 3.09. The van der Waals surface area contributed by atoms with Gasteiger partial charge in [-0.3, -0.25) is 4.79 Å². The van der Waals surface area contributed by atoms with Crippen LogP contribution in [0.5, 0.6) is 5.88 Å². The van der Waals surface area contributed by atoms with Crippen LogP contribution in [0.2, 0.25) is 5.02 Å². The fraction of sp³-hybridized carbons (Fsp3) is 0.111. The van der Waals surface area contributed by atoms with Crippen molar-refractivity contribution in [2.24, 2.45) is 0 Å². The van der Waals surface area contributed by atoms with Gasteiger partial charge in [-0.05, 0) is 18.2 Å². The Morgan fingerprint density at radius 2 is 2.00 bits per heavy atom. The number of ether oxygens (including phenoxy) is 2. The van der Waals surface area contributed by atoms with E-state index in [-0.39, 0.29) is 18.2 Å². The first kappa shape index (κ1) is 17.6. The summed E-state index contributed by atoms with van der Waals surface area (Å²) in [6.07, 6.45) is 1.91. The van der Waals surface area contributed by atoms with Gasteiger partial charge in [0.2, 0.25) is 11.6 Å². The highest BCUT2D eigenvalue weighted by molar-refractivity contribution is 6.30. The number of esters is 1. The molecule has 2 heterocycles. The number of aldehydes is 1. The highest BCUT2D eigenvalue weighted by Crippen LogP contribution is 2.27. The van der Waals surface area contributed by atoms with Gasteiger partial charge in [0.25, 0.3) is 0 Å². The van der Waals surface area contributed by atoms with Crippen LogP contribution < -0.4 is 4.74 Å². The zero-order valence-corrected chi connectivity index (χ0v) is 14.4. The maximum Gasteiger partial charge on any atom is 0.339 e. The standard InChI is InChI=1S/C18H13ClN2O5/c1-24-18(23)12-4-7-16(20-8-12)25-10-14-15(9-22)26-21-17(14)11-2-5-13(19)6-3-11/h2-9H,10H2,1H3. The van der Waals surface area contributed by atoms with Crippen molar-refractivity contribution in [3.05, 3.63) is 64.5 Å². The van der Waals surface area contributed by atoms with E-state index in [9.17, 15) is 9.59 Å². The van der Waals surface area contributed by atoms with Crippen molar-refractivity contribution in [3.8, 4) is 17.1 Å². The zero-order valence-electron chi connectivity index (χ0n) is 13.6. The number of halogens is 1. The molecule has 0 aliphatic rings. The molecule has 132 valence electrons. The minimum absolute atomic E-state index is 0.0140. The number of benzene rings is 1. The third kappa shape index (κ3) is 3.73. The van der Waals surface area contributed by atoms with Gasteiger partial charge in [0, 0.05) is 22.8 Å². The lowest BCUT2D eigenvalue weighted by Gasteiger charge is -2.06. The van der Waals surface area contributed by atoms with Gasteiger partial charge in [0.15, 0.2) is 6.29 Å². The zero-order chi connectivity index (χ0) is 18.5. The van der Waals surface area contributed by atoms with Crippen molar-refractivity contribution in [1.82, 2.24) is 10.1 Å². The summed E-state index contributed by atoms with van der Waals surface area (Å²) in [5, 5.41) is 4.52. The summed E-state index contributed by atoms with van der Waals surface area (Å²) in [6.45, 7) is 0.0140.